The third kappa shape index (κ3) is 3.73. The van der Waals surface area contributed by atoms with Gasteiger partial charge in [0.15, 0.2) is 6.10 Å². The van der Waals surface area contributed by atoms with Crippen molar-refractivity contribution in [2.75, 3.05) is 7.11 Å². The number of halogens is 1. The van der Waals surface area contributed by atoms with Crippen LogP contribution in [0.15, 0.2) is 60.7 Å². The largest absolute Gasteiger partial charge is 0.497 e. The number of hydrogen-bond acceptors (Lipinski definition) is 3. The van der Waals surface area contributed by atoms with E-state index >= 15 is 0 Å². The minimum absolute atomic E-state index is 0.282. The lowest BCUT2D eigenvalue weighted by Gasteiger charge is -2.19. The van der Waals surface area contributed by atoms with E-state index in [1.807, 2.05) is 0 Å². The van der Waals surface area contributed by atoms with Gasteiger partial charge in [-0.05, 0) is 36.8 Å². The second kappa shape index (κ2) is 6.89. The summed E-state index contributed by atoms with van der Waals surface area (Å²) in [6.07, 6.45) is -0.727. The lowest BCUT2D eigenvalue weighted by molar-refractivity contribution is -0.142. The van der Waals surface area contributed by atoms with E-state index in [1.54, 1.807) is 50.4 Å². The highest BCUT2D eigenvalue weighted by molar-refractivity contribution is 5.87. The zero-order valence-corrected chi connectivity index (χ0v) is 12.5. The van der Waals surface area contributed by atoms with Crippen molar-refractivity contribution in [2.24, 2.45) is 0 Å². The van der Waals surface area contributed by atoms with Crippen molar-refractivity contribution in [1.82, 2.24) is 0 Å². The molecular weight excluding hydrogens is 283 g/mol. The molecule has 2 aromatic rings. The van der Waals surface area contributed by atoms with Gasteiger partial charge in [-0.1, -0.05) is 30.8 Å². The van der Waals surface area contributed by atoms with Crippen molar-refractivity contribution in [2.45, 2.75) is 13.0 Å². The lowest BCUT2D eigenvalue weighted by Crippen LogP contribution is -2.13. The first-order valence-electron chi connectivity index (χ1n) is 6.77. The van der Waals surface area contributed by atoms with Gasteiger partial charge in [-0.2, -0.15) is 0 Å². The SMILES string of the molecule is C=C(C)C(=O)OC(c1cccc(F)c1)c1cccc(OC)c1. The van der Waals surface area contributed by atoms with Crippen LogP contribution in [-0.2, 0) is 9.53 Å². The Balaban J connectivity index is 2.44. The van der Waals surface area contributed by atoms with E-state index in [-0.39, 0.29) is 5.57 Å². The zero-order valence-electron chi connectivity index (χ0n) is 12.5. The molecule has 22 heavy (non-hydrogen) atoms. The Labute approximate surface area is 129 Å². The van der Waals surface area contributed by atoms with E-state index in [2.05, 4.69) is 6.58 Å². The maximum Gasteiger partial charge on any atom is 0.334 e. The van der Waals surface area contributed by atoms with Crippen molar-refractivity contribution in [3.8, 4) is 5.75 Å². The minimum Gasteiger partial charge on any atom is -0.497 e. The Hall–Kier alpha value is -2.62. The highest BCUT2D eigenvalue weighted by atomic mass is 19.1. The van der Waals surface area contributed by atoms with Gasteiger partial charge in [-0.25, -0.2) is 9.18 Å². The molecule has 2 rings (SSSR count). The van der Waals surface area contributed by atoms with Crippen LogP contribution < -0.4 is 4.74 Å². The van der Waals surface area contributed by atoms with Gasteiger partial charge in [0.05, 0.1) is 7.11 Å². The van der Waals surface area contributed by atoms with E-state index in [1.165, 1.54) is 12.1 Å². The molecule has 0 aliphatic rings. The maximum atomic E-state index is 13.5. The summed E-state index contributed by atoms with van der Waals surface area (Å²) >= 11 is 0. The molecule has 0 aliphatic carbocycles. The molecule has 0 radical (unpaired) electrons. The van der Waals surface area contributed by atoms with Gasteiger partial charge in [-0.3, -0.25) is 0 Å². The van der Waals surface area contributed by atoms with Gasteiger partial charge in [-0.15, -0.1) is 0 Å². The van der Waals surface area contributed by atoms with E-state index in [0.29, 0.717) is 16.9 Å². The summed E-state index contributed by atoms with van der Waals surface area (Å²) in [4.78, 5) is 11.9. The summed E-state index contributed by atoms with van der Waals surface area (Å²) in [5, 5.41) is 0. The summed E-state index contributed by atoms with van der Waals surface area (Å²) < 4.78 is 24.2. The van der Waals surface area contributed by atoms with Crippen LogP contribution in [0, 0.1) is 5.82 Å². The van der Waals surface area contributed by atoms with E-state index < -0.39 is 17.9 Å². The Bertz CT molecular complexity index is 694. The van der Waals surface area contributed by atoms with E-state index in [0.717, 1.165) is 0 Å². The molecule has 4 heteroatoms. The van der Waals surface area contributed by atoms with Gasteiger partial charge >= 0.3 is 5.97 Å². The standard InChI is InChI=1S/C18H17FO3/c1-12(2)18(20)22-17(13-6-4-8-15(19)10-13)14-7-5-9-16(11-14)21-3/h4-11,17H,1H2,2-3H3. The molecule has 0 amide bonds. The summed E-state index contributed by atoms with van der Waals surface area (Å²) in [5.74, 6) is -0.292. The molecule has 0 saturated heterocycles. The van der Waals surface area contributed by atoms with Crippen LogP contribution in [0.25, 0.3) is 0 Å². The fourth-order valence-corrected chi connectivity index (χ4v) is 2.01. The maximum absolute atomic E-state index is 13.5. The van der Waals surface area contributed by atoms with Gasteiger partial charge < -0.3 is 9.47 Å². The van der Waals surface area contributed by atoms with Crippen LogP contribution in [0.1, 0.15) is 24.2 Å². The number of esters is 1. The molecule has 3 nitrogen and oxygen atoms in total. The van der Waals surface area contributed by atoms with Crippen LogP contribution in [0.3, 0.4) is 0 Å². The second-order valence-corrected chi connectivity index (χ2v) is 4.90. The average Bonchev–Trinajstić information content (AvgIpc) is 2.52. The van der Waals surface area contributed by atoms with Gasteiger partial charge in [0, 0.05) is 11.1 Å². The number of ether oxygens (including phenoxy) is 2. The molecule has 114 valence electrons. The molecule has 0 spiro atoms. The fourth-order valence-electron chi connectivity index (χ4n) is 2.01. The summed E-state index contributed by atoms with van der Waals surface area (Å²) in [6.45, 7) is 5.14. The number of carbonyl (C=O) groups is 1. The van der Waals surface area contributed by atoms with Crippen molar-refractivity contribution in [3.63, 3.8) is 0 Å². The van der Waals surface area contributed by atoms with Crippen molar-refractivity contribution >= 4 is 5.97 Å². The van der Waals surface area contributed by atoms with Crippen LogP contribution in [-0.4, -0.2) is 13.1 Å². The lowest BCUT2D eigenvalue weighted by atomic mass is 10.0. The quantitative estimate of drug-likeness (QED) is 0.617. The molecule has 0 fully saturated rings. The molecule has 0 aromatic heterocycles. The van der Waals surface area contributed by atoms with Gasteiger partial charge in [0.1, 0.15) is 11.6 Å². The van der Waals surface area contributed by atoms with E-state index in [9.17, 15) is 9.18 Å². The second-order valence-electron chi connectivity index (χ2n) is 4.90. The molecule has 0 heterocycles. The van der Waals surface area contributed by atoms with Crippen molar-refractivity contribution in [1.29, 1.82) is 0 Å². The molecule has 1 unspecified atom stereocenters. The van der Waals surface area contributed by atoms with Crippen LogP contribution in [0.4, 0.5) is 4.39 Å². The number of benzene rings is 2. The van der Waals surface area contributed by atoms with Crippen LogP contribution in [0.5, 0.6) is 5.75 Å². The summed E-state index contributed by atoms with van der Waals surface area (Å²) in [5.41, 5.74) is 1.52. The Morgan fingerprint density at radius 2 is 1.77 bits per heavy atom. The topological polar surface area (TPSA) is 35.5 Å². The van der Waals surface area contributed by atoms with Gasteiger partial charge in [0.2, 0.25) is 0 Å². The number of hydrogen-bond donors (Lipinski definition) is 0. The zero-order chi connectivity index (χ0) is 16.1. The predicted molar refractivity (Wildman–Crippen MR) is 82.1 cm³/mol. The third-order valence-corrected chi connectivity index (χ3v) is 3.12. The number of rotatable bonds is 5. The minimum atomic E-state index is -0.727. The first kappa shape index (κ1) is 15.8. The number of carbonyl (C=O) groups excluding carboxylic acids is 1. The number of methoxy groups -OCH3 is 1. The molecule has 0 aliphatic heterocycles. The summed E-state index contributed by atoms with van der Waals surface area (Å²) in [7, 11) is 1.55. The Kier molecular flexibility index (Phi) is 4.94. The molecule has 2 aromatic carbocycles. The molecular formula is C18H17FO3. The Morgan fingerprint density at radius 3 is 2.36 bits per heavy atom. The fraction of sp³-hybridized carbons (Fsp3) is 0.167. The first-order chi connectivity index (χ1) is 10.5. The highest BCUT2D eigenvalue weighted by Crippen LogP contribution is 2.29. The highest BCUT2D eigenvalue weighted by Gasteiger charge is 2.20. The summed E-state index contributed by atoms with van der Waals surface area (Å²) in [6, 6.07) is 13.1. The normalized spacial score (nSPS) is 11.6. The monoisotopic (exact) mass is 300 g/mol. The average molecular weight is 300 g/mol. The first-order valence-corrected chi connectivity index (χ1v) is 6.77. The van der Waals surface area contributed by atoms with E-state index in [4.69, 9.17) is 9.47 Å². The Morgan fingerprint density at radius 1 is 1.14 bits per heavy atom. The molecule has 1 atom stereocenters. The van der Waals surface area contributed by atoms with Crippen LogP contribution in [0.2, 0.25) is 0 Å². The molecule has 0 bridgehead atoms. The van der Waals surface area contributed by atoms with Crippen LogP contribution >= 0.6 is 0 Å². The molecule has 0 N–H and O–H groups in total. The molecule has 0 saturated carbocycles. The van der Waals surface area contributed by atoms with Gasteiger partial charge in [0.25, 0.3) is 0 Å². The third-order valence-electron chi connectivity index (χ3n) is 3.12. The van der Waals surface area contributed by atoms with Crippen molar-refractivity contribution < 1.29 is 18.7 Å². The van der Waals surface area contributed by atoms with Crippen molar-refractivity contribution in [3.05, 3.63) is 77.6 Å². The smallest absolute Gasteiger partial charge is 0.334 e. The predicted octanol–water partition coefficient (Wildman–Crippen LogP) is 4.04.